The predicted octanol–water partition coefficient (Wildman–Crippen LogP) is 3.42. The zero-order valence-electron chi connectivity index (χ0n) is 10.5. The number of carbonyl (C=O) groups is 1. The fourth-order valence-corrected chi connectivity index (χ4v) is 4.18. The molecule has 89 valence electrons. The Balaban J connectivity index is 2.04. The number of rotatable bonds is 1. The van der Waals surface area contributed by atoms with Crippen LogP contribution in [0.15, 0.2) is 0 Å². The number of hydrogen-bond donors (Lipinski definition) is 0. The van der Waals surface area contributed by atoms with Crippen molar-refractivity contribution in [3.05, 3.63) is 0 Å². The Bertz CT molecular complexity index is 286. The molecule has 0 spiro atoms. The van der Waals surface area contributed by atoms with Crippen LogP contribution >= 0.6 is 11.8 Å². The Hall–Kier alpha value is -0.115. The second-order valence-electron chi connectivity index (χ2n) is 5.47. The highest BCUT2D eigenvalue weighted by Gasteiger charge is 2.40. The van der Waals surface area contributed by atoms with Gasteiger partial charge in [-0.1, -0.05) is 50.1 Å². The van der Waals surface area contributed by atoms with E-state index in [1.54, 1.807) is 11.8 Å². The number of fused-ring (bicyclic) bond motifs is 1. The van der Waals surface area contributed by atoms with Crippen molar-refractivity contribution in [3.8, 4) is 0 Å². The summed E-state index contributed by atoms with van der Waals surface area (Å²) < 4.78 is 0. The van der Waals surface area contributed by atoms with Crippen LogP contribution in [-0.2, 0) is 0 Å². The summed E-state index contributed by atoms with van der Waals surface area (Å²) in [4.78, 5) is 13.6. The smallest absolute Gasteiger partial charge is 0.282 e. The molecule has 1 amide bonds. The Morgan fingerprint density at radius 1 is 1.44 bits per heavy atom. The Morgan fingerprint density at radius 3 is 2.88 bits per heavy atom. The standard InChI is InChI=1S/C12H21BNOS/c1-12(13-2)7-4-5-9-10(6-8-12)16-11(15)14(9)3/h9-10H,4-8H2,1-3H3. The van der Waals surface area contributed by atoms with Gasteiger partial charge in [0.25, 0.3) is 5.24 Å². The zero-order chi connectivity index (χ0) is 11.8. The summed E-state index contributed by atoms with van der Waals surface area (Å²) in [6.45, 7) is 4.54. The quantitative estimate of drug-likeness (QED) is 0.652. The normalized spacial score (nSPS) is 40.2. The lowest BCUT2D eigenvalue weighted by Crippen LogP contribution is -2.35. The van der Waals surface area contributed by atoms with Crippen molar-refractivity contribution in [3.63, 3.8) is 0 Å². The SMILES string of the molecule is C[B]C1(C)CCCC2C(CC1)SC(=O)N2C. The van der Waals surface area contributed by atoms with Crippen molar-refractivity contribution >= 4 is 24.3 Å². The van der Waals surface area contributed by atoms with E-state index in [1.807, 2.05) is 11.9 Å². The molecule has 2 nitrogen and oxygen atoms in total. The third-order valence-corrected chi connectivity index (χ3v) is 5.75. The third-order valence-electron chi connectivity index (χ3n) is 4.41. The van der Waals surface area contributed by atoms with Crippen LogP contribution in [0.1, 0.15) is 39.0 Å². The summed E-state index contributed by atoms with van der Waals surface area (Å²) >= 11 is 1.56. The summed E-state index contributed by atoms with van der Waals surface area (Å²) in [6.07, 6.45) is 6.13. The van der Waals surface area contributed by atoms with E-state index < -0.39 is 0 Å². The molecule has 2 fully saturated rings. The molecule has 0 aromatic carbocycles. The fraction of sp³-hybridized carbons (Fsp3) is 0.917. The summed E-state index contributed by atoms with van der Waals surface area (Å²) in [5, 5.41) is 1.21. The third kappa shape index (κ3) is 2.27. The van der Waals surface area contributed by atoms with Crippen molar-refractivity contribution in [2.75, 3.05) is 7.05 Å². The highest BCUT2D eigenvalue weighted by Crippen LogP contribution is 2.45. The van der Waals surface area contributed by atoms with Gasteiger partial charge in [0.05, 0.1) is 0 Å². The number of carbonyl (C=O) groups excluding carboxylic acids is 1. The molecule has 1 saturated carbocycles. The lowest BCUT2D eigenvalue weighted by atomic mass is 9.50. The van der Waals surface area contributed by atoms with Crippen LogP contribution in [0.25, 0.3) is 0 Å². The molecule has 3 atom stereocenters. The first kappa shape index (κ1) is 12.3. The molecule has 0 bridgehead atoms. The zero-order valence-corrected chi connectivity index (χ0v) is 11.3. The molecule has 1 saturated heterocycles. The average molecular weight is 238 g/mol. The van der Waals surface area contributed by atoms with Gasteiger partial charge in [-0.3, -0.25) is 4.79 Å². The molecule has 4 heteroatoms. The van der Waals surface area contributed by atoms with Crippen LogP contribution in [0, 0.1) is 0 Å². The molecule has 16 heavy (non-hydrogen) atoms. The largest absolute Gasteiger partial charge is 0.333 e. The van der Waals surface area contributed by atoms with Crippen LogP contribution in [0.4, 0.5) is 4.79 Å². The molecule has 1 radical (unpaired) electrons. The maximum atomic E-state index is 11.7. The molecule has 2 rings (SSSR count). The average Bonchev–Trinajstić information content (AvgIpc) is 2.51. The fourth-order valence-electron chi connectivity index (χ4n) is 2.91. The number of thioether (sulfide) groups is 1. The van der Waals surface area contributed by atoms with Gasteiger partial charge >= 0.3 is 0 Å². The first-order valence-electron chi connectivity index (χ1n) is 6.30. The minimum Gasteiger partial charge on any atom is -0.333 e. The van der Waals surface area contributed by atoms with E-state index in [2.05, 4.69) is 21.0 Å². The molecule has 1 heterocycles. The lowest BCUT2D eigenvalue weighted by molar-refractivity contribution is 0.211. The van der Waals surface area contributed by atoms with Crippen molar-refractivity contribution in [1.82, 2.24) is 4.90 Å². The molecule has 0 aromatic heterocycles. The van der Waals surface area contributed by atoms with Crippen molar-refractivity contribution in [2.45, 2.75) is 62.5 Å². The Kier molecular flexibility index (Phi) is 3.58. The van der Waals surface area contributed by atoms with Gasteiger partial charge in [-0.15, -0.1) is 0 Å². The van der Waals surface area contributed by atoms with E-state index in [4.69, 9.17) is 0 Å². The van der Waals surface area contributed by atoms with E-state index in [1.165, 1.54) is 32.1 Å². The van der Waals surface area contributed by atoms with Crippen molar-refractivity contribution in [1.29, 1.82) is 0 Å². The van der Waals surface area contributed by atoms with Gasteiger partial charge in [-0.2, -0.15) is 0 Å². The monoisotopic (exact) mass is 238 g/mol. The van der Waals surface area contributed by atoms with Crippen LogP contribution in [0.3, 0.4) is 0 Å². The van der Waals surface area contributed by atoms with Gasteiger partial charge in [0, 0.05) is 18.3 Å². The van der Waals surface area contributed by atoms with Crippen LogP contribution < -0.4 is 0 Å². The van der Waals surface area contributed by atoms with Crippen molar-refractivity contribution < 1.29 is 4.79 Å². The van der Waals surface area contributed by atoms with Crippen LogP contribution in [0.5, 0.6) is 0 Å². The highest BCUT2D eigenvalue weighted by atomic mass is 32.2. The van der Waals surface area contributed by atoms with E-state index in [9.17, 15) is 4.79 Å². The minimum absolute atomic E-state index is 0.277. The van der Waals surface area contributed by atoms with Crippen LogP contribution in [0.2, 0.25) is 12.1 Å². The topological polar surface area (TPSA) is 20.3 Å². The van der Waals surface area contributed by atoms with Gasteiger partial charge in [0.1, 0.15) is 7.28 Å². The molecule has 1 aliphatic carbocycles. The number of amides is 1. The van der Waals surface area contributed by atoms with E-state index in [0.717, 1.165) is 0 Å². The lowest BCUT2D eigenvalue weighted by Gasteiger charge is -2.34. The predicted molar refractivity (Wildman–Crippen MR) is 71.4 cm³/mol. The molecular formula is C12H21BNOS. The van der Waals surface area contributed by atoms with Gasteiger partial charge in [0.15, 0.2) is 0 Å². The first-order chi connectivity index (χ1) is 7.56. The Morgan fingerprint density at radius 2 is 2.19 bits per heavy atom. The summed E-state index contributed by atoms with van der Waals surface area (Å²) in [5.41, 5.74) is 0. The molecule has 2 aliphatic rings. The molecule has 3 unspecified atom stereocenters. The van der Waals surface area contributed by atoms with Gasteiger partial charge in [0.2, 0.25) is 0 Å². The van der Waals surface area contributed by atoms with E-state index >= 15 is 0 Å². The number of hydrogen-bond acceptors (Lipinski definition) is 2. The van der Waals surface area contributed by atoms with Crippen molar-refractivity contribution in [2.24, 2.45) is 0 Å². The molecular weight excluding hydrogens is 217 g/mol. The van der Waals surface area contributed by atoms with Crippen LogP contribution in [-0.4, -0.2) is 35.8 Å². The summed E-state index contributed by atoms with van der Waals surface area (Å²) in [7, 11) is 4.32. The Labute approximate surface area is 104 Å². The van der Waals surface area contributed by atoms with E-state index in [0.29, 0.717) is 16.6 Å². The van der Waals surface area contributed by atoms with Gasteiger partial charge in [-0.25, -0.2) is 0 Å². The maximum Gasteiger partial charge on any atom is 0.282 e. The second-order valence-corrected chi connectivity index (χ2v) is 6.66. The molecule has 0 N–H and O–H groups in total. The van der Waals surface area contributed by atoms with Gasteiger partial charge < -0.3 is 4.90 Å². The number of nitrogens with zero attached hydrogens (tertiary/aromatic N) is 1. The highest BCUT2D eigenvalue weighted by molar-refractivity contribution is 8.14. The maximum absolute atomic E-state index is 11.7. The summed E-state index contributed by atoms with van der Waals surface area (Å²) in [6, 6.07) is 0.499. The van der Waals surface area contributed by atoms with E-state index in [-0.39, 0.29) is 5.24 Å². The second kappa shape index (κ2) is 4.63. The first-order valence-corrected chi connectivity index (χ1v) is 7.18. The molecule has 0 aromatic rings. The summed E-state index contributed by atoms with van der Waals surface area (Å²) in [5.74, 6) is 0. The minimum atomic E-state index is 0.277. The molecule has 1 aliphatic heterocycles. The van der Waals surface area contributed by atoms with Gasteiger partial charge in [-0.05, 0) is 12.8 Å².